The molecule has 1 aromatic carbocycles. The zero-order chi connectivity index (χ0) is 28.5. The highest BCUT2D eigenvalue weighted by atomic mass is 32.2. The molecule has 0 heterocycles. The minimum Gasteiger partial charge on any atom is -0.480 e. The predicted octanol–water partition coefficient (Wildman–Crippen LogP) is -0.757. The van der Waals surface area contributed by atoms with E-state index in [0.29, 0.717) is 31.6 Å². The van der Waals surface area contributed by atoms with E-state index in [1.807, 2.05) is 6.26 Å². The molecule has 0 radical (unpaired) electrons. The number of nitrogens with one attached hydrogen (secondary N) is 3. The maximum Gasteiger partial charge on any atom is 0.326 e. The SMILES string of the molecule is CSCCC(N)C(=O)NC(CCC(N)=O)C(=O)NC(CCCCN)C(=O)NC(Cc1ccccc1)C(=O)O. The van der Waals surface area contributed by atoms with Gasteiger partial charge >= 0.3 is 5.97 Å². The first-order valence-electron chi connectivity index (χ1n) is 12.5. The van der Waals surface area contributed by atoms with Crippen LogP contribution < -0.4 is 33.2 Å². The van der Waals surface area contributed by atoms with E-state index in [0.717, 1.165) is 5.56 Å². The summed E-state index contributed by atoms with van der Waals surface area (Å²) in [5, 5.41) is 17.3. The first-order chi connectivity index (χ1) is 18.1. The van der Waals surface area contributed by atoms with Gasteiger partial charge in [0.2, 0.25) is 23.6 Å². The minimum atomic E-state index is -1.22. The molecule has 0 spiro atoms. The van der Waals surface area contributed by atoms with Crippen molar-refractivity contribution in [2.45, 2.75) is 69.1 Å². The molecule has 0 aliphatic carbocycles. The fraction of sp³-hybridized carbons (Fsp3) is 0.560. The molecule has 4 atom stereocenters. The van der Waals surface area contributed by atoms with Crippen LogP contribution in [0.15, 0.2) is 30.3 Å². The van der Waals surface area contributed by atoms with E-state index in [9.17, 15) is 29.1 Å². The fourth-order valence-corrected chi connectivity index (χ4v) is 4.06. The number of rotatable bonds is 19. The second kappa shape index (κ2) is 18.2. The van der Waals surface area contributed by atoms with Gasteiger partial charge in [0.1, 0.15) is 18.1 Å². The number of nitrogens with two attached hydrogens (primary N) is 3. The van der Waals surface area contributed by atoms with E-state index in [-0.39, 0.29) is 25.7 Å². The summed E-state index contributed by atoms with van der Waals surface area (Å²) in [5.41, 5.74) is 17.4. The molecule has 0 saturated carbocycles. The lowest BCUT2D eigenvalue weighted by Crippen LogP contribution is -2.57. The van der Waals surface area contributed by atoms with Gasteiger partial charge in [0.25, 0.3) is 0 Å². The molecule has 0 fully saturated rings. The van der Waals surface area contributed by atoms with E-state index in [1.54, 1.807) is 30.3 Å². The minimum absolute atomic E-state index is 0.0522. The number of hydrogen-bond acceptors (Lipinski definition) is 8. The quantitative estimate of drug-likeness (QED) is 0.107. The van der Waals surface area contributed by atoms with Gasteiger partial charge in [0.15, 0.2) is 0 Å². The predicted molar refractivity (Wildman–Crippen MR) is 146 cm³/mol. The van der Waals surface area contributed by atoms with E-state index >= 15 is 0 Å². The lowest BCUT2D eigenvalue weighted by molar-refractivity contribution is -0.142. The highest BCUT2D eigenvalue weighted by Gasteiger charge is 2.30. The number of unbranched alkanes of at least 4 members (excludes halogenated alkanes) is 1. The van der Waals surface area contributed by atoms with Gasteiger partial charge in [-0.2, -0.15) is 11.8 Å². The lowest BCUT2D eigenvalue weighted by atomic mass is 10.0. The molecule has 212 valence electrons. The number of hydrogen-bond donors (Lipinski definition) is 7. The van der Waals surface area contributed by atoms with Gasteiger partial charge in [-0.15, -0.1) is 0 Å². The third-order valence-corrected chi connectivity index (χ3v) is 6.40. The van der Waals surface area contributed by atoms with Crippen LogP contribution in [0, 0.1) is 0 Å². The number of carboxylic acid groups (broad SMARTS) is 1. The molecular formula is C25H40N6O6S. The average molecular weight is 553 g/mol. The molecule has 1 aromatic rings. The smallest absolute Gasteiger partial charge is 0.326 e. The maximum absolute atomic E-state index is 13.1. The van der Waals surface area contributed by atoms with Gasteiger partial charge < -0.3 is 38.3 Å². The third-order valence-electron chi connectivity index (χ3n) is 5.76. The summed E-state index contributed by atoms with van der Waals surface area (Å²) in [6, 6.07) is 4.48. The molecule has 0 aliphatic heterocycles. The Hall–Kier alpha value is -3.16. The first kappa shape index (κ1) is 32.9. The van der Waals surface area contributed by atoms with E-state index in [1.165, 1.54) is 11.8 Å². The number of carbonyl (C=O) groups excluding carboxylic acids is 4. The van der Waals surface area contributed by atoms with Crippen molar-refractivity contribution >= 4 is 41.4 Å². The Morgan fingerprint density at radius 3 is 2.00 bits per heavy atom. The largest absolute Gasteiger partial charge is 0.480 e. The summed E-state index contributed by atoms with van der Waals surface area (Å²) >= 11 is 1.52. The third kappa shape index (κ3) is 12.9. The van der Waals surface area contributed by atoms with Crippen molar-refractivity contribution in [3.05, 3.63) is 35.9 Å². The second-order valence-electron chi connectivity index (χ2n) is 8.89. The molecule has 38 heavy (non-hydrogen) atoms. The van der Waals surface area contributed by atoms with Crippen molar-refractivity contribution in [3.63, 3.8) is 0 Å². The van der Waals surface area contributed by atoms with Crippen molar-refractivity contribution in [2.75, 3.05) is 18.6 Å². The normalized spacial score (nSPS) is 14.0. The molecule has 4 unspecified atom stereocenters. The zero-order valence-corrected chi connectivity index (χ0v) is 22.5. The summed E-state index contributed by atoms with van der Waals surface area (Å²) in [7, 11) is 0. The van der Waals surface area contributed by atoms with Crippen molar-refractivity contribution in [1.29, 1.82) is 0 Å². The van der Waals surface area contributed by atoms with Gasteiger partial charge in [-0.05, 0) is 56.2 Å². The number of carbonyl (C=O) groups is 5. The van der Waals surface area contributed by atoms with E-state index < -0.39 is 53.8 Å². The van der Waals surface area contributed by atoms with Crippen LogP contribution in [0.4, 0.5) is 0 Å². The van der Waals surface area contributed by atoms with Crippen LogP contribution in [0.25, 0.3) is 0 Å². The Kier molecular flexibility index (Phi) is 15.7. The molecule has 13 heteroatoms. The molecule has 4 amide bonds. The Morgan fingerprint density at radius 2 is 1.45 bits per heavy atom. The molecule has 1 rings (SSSR count). The zero-order valence-electron chi connectivity index (χ0n) is 21.7. The topological polar surface area (TPSA) is 220 Å². The fourth-order valence-electron chi connectivity index (χ4n) is 3.57. The van der Waals surface area contributed by atoms with Crippen LogP contribution in [-0.4, -0.2) is 77.4 Å². The van der Waals surface area contributed by atoms with Crippen LogP contribution in [0.2, 0.25) is 0 Å². The standard InChI is InChI=1S/C25H40N6O6S/c1-38-14-12-17(27)22(33)29-19(10-11-21(28)32)24(35)30-18(9-5-6-13-26)23(34)31-20(25(36)37)15-16-7-3-2-4-8-16/h2-4,7-8,17-20H,5-6,9-15,26-27H2,1H3,(H2,28,32)(H,29,33)(H,30,35)(H,31,34)(H,36,37). The summed E-state index contributed by atoms with van der Waals surface area (Å²) in [6.45, 7) is 0.374. The molecule has 0 aromatic heterocycles. The number of amides is 4. The Morgan fingerprint density at radius 1 is 0.868 bits per heavy atom. The lowest BCUT2D eigenvalue weighted by Gasteiger charge is -2.25. The summed E-state index contributed by atoms with van der Waals surface area (Å²) in [5.74, 6) is -3.20. The molecule has 0 bridgehead atoms. The Bertz CT molecular complexity index is 919. The monoisotopic (exact) mass is 552 g/mol. The number of carboxylic acids is 1. The van der Waals surface area contributed by atoms with Crippen LogP contribution in [0.3, 0.4) is 0 Å². The molecular weight excluding hydrogens is 512 g/mol. The summed E-state index contributed by atoms with van der Waals surface area (Å²) in [4.78, 5) is 62.0. The average Bonchev–Trinajstić information content (AvgIpc) is 2.88. The van der Waals surface area contributed by atoms with Crippen LogP contribution in [-0.2, 0) is 30.4 Å². The van der Waals surface area contributed by atoms with Crippen molar-refractivity contribution < 1.29 is 29.1 Å². The summed E-state index contributed by atoms with van der Waals surface area (Å²) in [6.07, 6.45) is 3.30. The van der Waals surface area contributed by atoms with Crippen molar-refractivity contribution in [3.8, 4) is 0 Å². The van der Waals surface area contributed by atoms with Gasteiger partial charge in [-0.1, -0.05) is 30.3 Å². The molecule has 0 saturated heterocycles. The van der Waals surface area contributed by atoms with Crippen LogP contribution in [0.1, 0.15) is 44.1 Å². The molecule has 10 N–H and O–H groups in total. The summed E-state index contributed by atoms with van der Waals surface area (Å²) < 4.78 is 0. The Balaban J connectivity index is 3.01. The van der Waals surface area contributed by atoms with E-state index in [4.69, 9.17) is 17.2 Å². The van der Waals surface area contributed by atoms with Gasteiger partial charge in [-0.25, -0.2) is 4.79 Å². The van der Waals surface area contributed by atoms with Gasteiger partial charge in [0.05, 0.1) is 6.04 Å². The number of thioether (sulfide) groups is 1. The first-order valence-corrected chi connectivity index (χ1v) is 13.9. The highest BCUT2D eigenvalue weighted by Crippen LogP contribution is 2.08. The van der Waals surface area contributed by atoms with Crippen LogP contribution >= 0.6 is 11.8 Å². The Labute approximate surface area is 227 Å². The second-order valence-corrected chi connectivity index (χ2v) is 9.87. The number of aliphatic carboxylic acids is 1. The van der Waals surface area contributed by atoms with E-state index in [2.05, 4.69) is 16.0 Å². The number of benzene rings is 1. The number of primary amides is 1. The van der Waals surface area contributed by atoms with Gasteiger partial charge in [0, 0.05) is 12.8 Å². The maximum atomic E-state index is 13.1. The van der Waals surface area contributed by atoms with Gasteiger partial charge in [-0.3, -0.25) is 19.2 Å². The molecule has 0 aliphatic rings. The highest BCUT2D eigenvalue weighted by molar-refractivity contribution is 7.98. The van der Waals surface area contributed by atoms with Crippen molar-refractivity contribution in [1.82, 2.24) is 16.0 Å². The van der Waals surface area contributed by atoms with Crippen molar-refractivity contribution in [2.24, 2.45) is 17.2 Å². The molecule has 12 nitrogen and oxygen atoms in total. The van der Waals surface area contributed by atoms with Crippen LogP contribution in [0.5, 0.6) is 0 Å².